The maximum absolute atomic E-state index is 12.9. The second-order valence-electron chi connectivity index (χ2n) is 6.98. The van der Waals surface area contributed by atoms with Crippen LogP contribution in [0.1, 0.15) is 17.8 Å². The molecule has 1 aromatic heterocycles. The number of methoxy groups -OCH3 is 1. The van der Waals surface area contributed by atoms with Crippen molar-refractivity contribution in [1.29, 1.82) is 0 Å². The molecule has 1 aliphatic heterocycles. The second-order valence-corrected chi connectivity index (χ2v) is 6.98. The van der Waals surface area contributed by atoms with Gasteiger partial charge >= 0.3 is 5.97 Å². The quantitative estimate of drug-likeness (QED) is 0.618. The van der Waals surface area contributed by atoms with Gasteiger partial charge in [0.15, 0.2) is 0 Å². The Balaban J connectivity index is 1.71. The molecule has 0 radical (unpaired) electrons. The van der Waals surface area contributed by atoms with Gasteiger partial charge in [0.05, 0.1) is 18.0 Å². The number of nitrogens with one attached hydrogen (secondary N) is 1. The van der Waals surface area contributed by atoms with Crippen LogP contribution in [-0.2, 0) is 16.1 Å². The van der Waals surface area contributed by atoms with Gasteiger partial charge in [0.1, 0.15) is 11.6 Å². The molecule has 2 heterocycles. The predicted molar refractivity (Wildman–Crippen MR) is 117 cm³/mol. The van der Waals surface area contributed by atoms with Gasteiger partial charge in [-0.05, 0) is 54.0 Å². The molecule has 0 fully saturated rings. The number of amides is 1. The van der Waals surface area contributed by atoms with E-state index >= 15 is 0 Å². The summed E-state index contributed by atoms with van der Waals surface area (Å²) in [5.74, 6) is -0.462. The van der Waals surface area contributed by atoms with Crippen molar-refractivity contribution in [2.45, 2.75) is 13.0 Å². The van der Waals surface area contributed by atoms with Gasteiger partial charge in [0.25, 0.3) is 5.56 Å². The number of carbonyl (C=O) groups excluding carboxylic acids is 1. The van der Waals surface area contributed by atoms with Gasteiger partial charge in [-0.25, -0.2) is 9.78 Å². The zero-order valence-electron chi connectivity index (χ0n) is 16.7. The van der Waals surface area contributed by atoms with E-state index in [0.29, 0.717) is 35.4 Å². The number of fused-ring (bicyclic) bond motifs is 2. The molecule has 8 heteroatoms. The summed E-state index contributed by atoms with van der Waals surface area (Å²) in [5.41, 5.74) is 2.61. The lowest BCUT2D eigenvalue weighted by Gasteiger charge is -2.08. The number of hydrogen-bond donors (Lipinski definition) is 2. The highest BCUT2D eigenvalue weighted by atomic mass is 16.5. The molecular formula is C23H19N3O5. The lowest BCUT2D eigenvalue weighted by molar-refractivity contribution is -0.131. The van der Waals surface area contributed by atoms with Gasteiger partial charge in [-0.15, -0.1) is 0 Å². The lowest BCUT2D eigenvalue weighted by Crippen LogP contribution is -2.21. The summed E-state index contributed by atoms with van der Waals surface area (Å²) in [4.78, 5) is 40.0. The van der Waals surface area contributed by atoms with Crippen LogP contribution in [0.4, 0.5) is 5.69 Å². The summed E-state index contributed by atoms with van der Waals surface area (Å²) >= 11 is 0. The summed E-state index contributed by atoms with van der Waals surface area (Å²) < 4.78 is 6.92. The highest BCUT2D eigenvalue weighted by molar-refractivity contribution is 6.03. The number of nitrogens with zero attached hydrogens (tertiary/aromatic N) is 2. The fourth-order valence-electron chi connectivity index (χ4n) is 3.50. The fourth-order valence-corrected chi connectivity index (χ4v) is 3.50. The van der Waals surface area contributed by atoms with E-state index in [1.807, 2.05) is 30.3 Å². The van der Waals surface area contributed by atoms with Crippen LogP contribution in [0.3, 0.4) is 0 Å². The number of rotatable bonds is 5. The first kappa shape index (κ1) is 20.1. The molecule has 3 aromatic rings. The molecule has 31 heavy (non-hydrogen) atoms. The normalized spacial score (nSPS) is 14.2. The van der Waals surface area contributed by atoms with Gasteiger partial charge in [-0.1, -0.05) is 12.1 Å². The fraction of sp³-hybridized carbons (Fsp3) is 0.130. The third kappa shape index (κ3) is 4.23. The number of hydrogen-bond acceptors (Lipinski definition) is 5. The average Bonchev–Trinajstić information content (AvgIpc) is 3.15. The molecule has 156 valence electrons. The number of aliphatic carboxylic acids is 1. The zero-order valence-corrected chi connectivity index (χ0v) is 16.7. The third-order valence-electron chi connectivity index (χ3n) is 4.93. The zero-order chi connectivity index (χ0) is 22.0. The molecule has 0 saturated heterocycles. The minimum atomic E-state index is -1.21. The maximum Gasteiger partial charge on any atom is 0.328 e. The van der Waals surface area contributed by atoms with Crippen molar-refractivity contribution >= 4 is 40.1 Å². The molecule has 1 amide bonds. The maximum atomic E-state index is 12.9. The third-order valence-corrected chi connectivity index (χ3v) is 4.93. The molecule has 4 rings (SSSR count). The van der Waals surface area contributed by atoms with Crippen LogP contribution in [0.2, 0.25) is 0 Å². The van der Waals surface area contributed by atoms with E-state index < -0.39 is 11.9 Å². The Morgan fingerprint density at radius 3 is 2.81 bits per heavy atom. The Labute approximate surface area is 177 Å². The van der Waals surface area contributed by atoms with Gasteiger partial charge in [-0.2, -0.15) is 0 Å². The highest BCUT2D eigenvalue weighted by Gasteiger charge is 2.21. The number of anilines is 1. The standard InChI is InChI=1S/C23H19N3O5/c1-31-17-4-2-3-14(12-17)11-15-9-10-26-22(15)25-19-13-16(5-6-18(19)23(26)30)24-20(27)7-8-21(28)29/h2-8,11-13H,9-10H2,1H3,(H,24,27)(H,28,29). The number of benzene rings is 2. The highest BCUT2D eigenvalue weighted by Crippen LogP contribution is 2.29. The van der Waals surface area contributed by atoms with E-state index in [2.05, 4.69) is 10.3 Å². The number of allylic oxidation sites excluding steroid dienone is 1. The van der Waals surface area contributed by atoms with Crippen LogP contribution in [0.5, 0.6) is 5.75 Å². The molecule has 0 atom stereocenters. The number of carboxylic acid groups (broad SMARTS) is 1. The van der Waals surface area contributed by atoms with E-state index in [0.717, 1.165) is 29.0 Å². The predicted octanol–water partition coefficient (Wildman–Crippen LogP) is 2.93. The summed E-state index contributed by atoms with van der Waals surface area (Å²) in [6.07, 6.45) is 4.34. The van der Waals surface area contributed by atoms with Crippen molar-refractivity contribution in [3.8, 4) is 5.75 Å². The topological polar surface area (TPSA) is 111 Å². The van der Waals surface area contributed by atoms with Crippen molar-refractivity contribution in [3.05, 3.63) is 76.4 Å². The molecule has 8 nitrogen and oxygen atoms in total. The van der Waals surface area contributed by atoms with E-state index in [1.165, 1.54) is 0 Å². The van der Waals surface area contributed by atoms with Crippen LogP contribution in [0.15, 0.2) is 59.4 Å². The van der Waals surface area contributed by atoms with E-state index in [1.54, 1.807) is 29.9 Å². The van der Waals surface area contributed by atoms with E-state index in [4.69, 9.17) is 9.84 Å². The smallest absolute Gasteiger partial charge is 0.328 e. The minimum absolute atomic E-state index is 0.141. The Hall–Kier alpha value is -4.20. The molecule has 0 saturated carbocycles. The first-order chi connectivity index (χ1) is 14.9. The summed E-state index contributed by atoms with van der Waals surface area (Å²) in [6, 6.07) is 12.4. The van der Waals surface area contributed by atoms with Crippen molar-refractivity contribution < 1.29 is 19.4 Å². The molecule has 2 N–H and O–H groups in total. The molecule has 1 aliphatic rings. The minimum Gasteiger partial charge on any atom is -0.497 e. The lowest BCUT2D eigenvalue weighted by atomic mass is 10.1. The first-order valence-corrected chi connectivity index (χ1v) is 9.56. The van der Waals surface area contributed by atoms with Crippen LogP contribution < -0.4 is 15.6 Å². The second kappa shape index (κ2) is 8.27. The van der Waals surface area contributed by atoms with Gasteiger partial charge in [0, 0.05) is 24.4 Å². The van der Waals surface area contributed by atoms with Gasteiger partial charge < -0.3 is 15.2 Å². The Bertz CT molecular complexity index is 1320. The number of ether oxygens (including phenoxy) is 1. The SMILES string of the molecule is COc1cccc(C=C2CCn3c2nc2cc(NC(=O)C=CC(=O)O)ccc2c3=O)c1. The van der Waals surface area contributed by atoms with Crippen molar-refractivity contribution in [1.82, 2.24) is 9.55 Å². The molecule has 0 bridgehead atoms. The number of aromatic nitrogens is 2. The summed E-state index contributed by atoms with van der Waals surface area (Å²) in [5, 5.41) is 11.6. The Morgan fingerprint density at radius 1 is 1.19 bits per heavy atom. The summed E-state index contributed by atoms with van der Waals surface area (Å²) in [7, 11) is 1.61. The van der Waals surface area contributed by atoms with E-state index in [9.17, 15) is 14.4 Å². The van der Waals surface area contributed by atoms with Crippen molar-refractivity contribution in [3.63, 3.8) is 0 Å². The van der Waals surface area contributed by atoms with Crippen LogP contribution in [-0.4, -0.2) is 33.6 Å². The van der Waals surface area contributed by atoms with Gasteiger partial charge in [-0.3, -0.25) is 14.2 Å². The monoisotopic (exact) mass is 417 g/mol. The van der Waals surface area contributed by atoms with Crippen molar-refractivity contribution in [2.75, 3.05) is 12.4 Å². The number of carbonyl (C=O) groups is 2. The molecule has 0 spiro atoms. The Kier molecular flexibility index (Phi) is 5.36. The molecular weight excluding hydrogens is 398 g/mol. The first-order valence-electron chi connectivity index (χ1n) is 9.56. The van der Waals surface area contributed by atoms with Gasteiger partial charge in [0.2, 0.25) is 5.91 Å². The summed E-state index contributed by atoms with van der Waals surface area (Å²) in [6.45, 7) is 0.547. The largest absolute Gasteiger partial charge is 0.497 e. The average molecular weight is 417 g/mol. The van der Waals surface area contributed by atoms with Crippen LogP contribution in [0.25, 0.3) is 22.6 Å². The van der Waals surface area contributed by atoms with Crippen LogP contribution >= 0.6 is 0 Å². The molecule has 0 unspecified atom stereocenters. The number of carboxylic acids is 1. The molecule has 0 aliphatic carbocycles. The van der Waals surface area contributed by atoms with Crippen molar-refractivity contribution in [2.24, 2.45) is 0 Å². The van der Waals surface area contributed by atoms with Crippen LogP contribution in [0, 0.1) is 0 Å². The molecule has 2 aromatic carbocycles. The van der Waals surface area contributed by atoms with E-state index in [-0.39, 0.29) is 5.56 Å². The Morgan fingerprint density at radius 2 is 2.03 bits per heavy atom.